The first-order chi connectivity index (χ1) is 9.29. The predicted octanol–water partition coefficient (Wildman–Crippen LogP) is 2.49. The molecule has 2 aromatic rings. The molecule has 20 heavy (non-hydrogen) atoms. The zero-order chi connectivity index (χ0) is 14.9. The van der Waals surface area contributed by atoms with Crippen LogP contribution in [0.2, 0.25) is 0 Å². The second kappa shape index (κ2) is 4.99. The molecule has 0 radical (unpaired) electrons. The van der Waals surface area contributed by atoms with Crippen molar-refractivity contribution in [2.24, 2.45) is 7.05 Å². The first kappa shape index (κ1) is 14.1. The van der Waals surface area contributed by atoms with E-state index in [0.717, 1.165) is 6.92 Å². The molecule has 2 rings (SSSR count). The lowest BCUT2D eigenvalue weighted by molar-refractivity contribution is 0.0174. The van der Waals surface area contributed by atoms with E-state index >= 15 is 0 Å². The zero-order valence-electron chi connectivity index (χ0n) is 11.3. The van der Waals surface area contributed by atoms with E-state index in [4.69, 9.17) is 0 Å². The van der Waals surface area contributed by atoms with Gasteiger partial charge in [0.1, 0.15) is 0 Å². The lowest BCUT2D eigenvalue weighted by atomic mass is 10.1. The normalized spacial score (nSPS) is 11.4. The Kier molecular flexibility index (Phi) is 3.52. The maximum Gasteiger partial charge on any atom is 0.270 e. The number of alkyl halides is 2. The van der Waals surface area contributed by atoms with Crippen LogP contribution in [0.25, 0.3) is 0 Å². The molecule has 5 nitrogen and oxygen atoms in total. The van der Waals surface area contributed by atoms with Crippen molar-refractivity contribution in [2.45, 2.75) is 19.8 Å². The summed E-state index contributed by atoms with van der Waals surface area (Å²) in [7, 11) is 1.70. The molecule has 1 aromatic carbocycles. The van der Waals surface area contributed by atoms with E-state index in [1.54, 1.807) is 14.0 Å². The lowest BCUT2D eigenvalue weighted by Gasteiger charge is -2.10. The lowest BCUT2D eigenvalue weighted by Crippen LogP contribution is -2.14. The van der Waals surface area contributed by atoms with Crippen molar-refractivity contribution < 1.29 is 13.6 Å². The molecule has 1 N–H and O–H groups in total. The number of amides is 1. The number of nitrogens with zero attached hydrogens (tertiary/aromatic N) is 3. The van der Waals surface area contributed by atoms with Gasteiger partial charge in [0.05, 0.1) is 5.69 Å². The van der Waals surface area contributed by atoms with Crippen molar-refractivity contribution in [3.8, 4) is 0 Å². The first-order valence-electron chi connectivity index (χ1n) is 5.95. The van der Waals surface area contributed by atoms with Crippen LogP contribution in [-0.2, 0) is 13.0 Å². The molecule has 0 fully saturated rings. The molecule has 0 saturated carbocycles. The number of nitrogens with one attached hydrogen (secondary N) is 1. The van der Waals surface area contributed by atoms with Crippen LogP contribution in [0.4, 0.5) is 14.6 Å². The van der Waals surface area contributed by atoms with E-state index in [9.17, 15) is 13.6 Å². The number of aryl methyl sites for hydroxylation is 1. The second-order valence-electron chi connectivity index (χ2n) is 4.57. The van der Waals surface area contributed by atoms with Gasteiger partial charge in [0.15, 0.2) is 5.82 Å². The van der Waals surface area contributed by atoms with E-state index < -0.39 is 11.8 Å². The van der Waals surface area contributed by atoms with Gasteiger partial charge in [-0.15, -0.1) is 5.10 Å². The Hall–Kier alpha value is -2.31. The van der Waals surface area contributed by atoms with Crippen molar-refractivity contribution in [3.63, 3.8) is 0 Å². The average molecular weight is 280 g/mol. The second-order valence-corrected chi connectivity index (χ2v) is 4.57. The molecule has 0 aliphatic heterocycles. The van der Waals surface area contributed by atoms with Crippen LogP contribution in [0.15, 0.2) is 24.3 Å². The maximum atomic E-state index is 13.1. The van der Waals surface area contributed by atoms with Crippen molar-refractivity contribution >= 4 is 11.7 Å². The van der Waals surface area contributed by atoms with Crippen molar-refractivity contribution in [3.05, 3.63) is 41.1 Å². The summed E-state index contributed by atoms with van der Waals surface area (Å²) in [5, 5.41) is 10.1. The highest BCUT2D eigenvalue weighted by molar-refractivity contribution is 6.03. The first-order valence-corrected chi connectivity index (χ1v) is 5.95. The molecule has 0 saturated heterocycles. The number of hydrogen-bond acceptors (Lipinski definition) is 3. The van der Waals surface area contributed by atoms with Gasteiger partial charge in [-0.1, -0.05) is 17.3 Å². The Morgan fingerprint density at radius 2 is 1.90 bits per heavy atom. The third-order valence-corrected chi connectivity index (χ3v) is 2.99. The summed E-state index contributed by atoms with van der Waals surface area (Å²) in [6, 6.07) is 5.18. The maximum absolute atomic E-state index is 13.1. The van der Waals surface area contributed by atoms with E-state index in [-0.39, 0.29) is 11.1 Å². The summed E-state index contributed by atoms with van der Waals surface area (Å²) in [4.78, 5) is 12.0. The Labute approximate surface area is 114 Å². The fraction of sp³-hybridized carbons (Fsp3) is 0.308. The smallest absolute Gasteiger partial charge is 0.270 e. The molecule has 106 valence electrons. The van der Waals surface area contributed by atoms with E-state index in [2.05, 4.69) is 15.6 Å². The van der Waals surface area contributed by atoms with E-state index in [1.165, 1.54) is 28.9 Å². The highest BCUT2D eigenvalue weighted by Gasteiger charge is 2.24. The number of hydrogen-bond donors (Lipinski definition) is 1. The van der Waals surface area contributed by atoms with Crippen molar-refractivity contribution in [2.75, 3.05) is 5.32 Å². The molecule has 7 heteroatoms. The summed E-state index contributed by atoms with van der Waals surface area (Å²) < 4.78 is 27.7. The van der Waals surface area contributed by atoms with E-state index in [1.807, 2.05) is 0 Å². The van der Waals surface area contributed by atoms with Gasteiger partial charge in [0.2, 0.25) is 0 Å². The van der Waals surface area contributed by atoms with Gasteiger partial charge in [0.25, 0.3) is 11.8 Å². The Bertz CT molecular complexity index is 629. The minimum Gasteiger partial charge on any atom is -0.303 e. The molecule has 0 bridgehead atoms. The fourth-order valence-corrected chi connectivity index (χ4v) is 1.61. The summed E-state index contributed by atoms with van der Waals surface area (Å²) in [5.41, 5.74) is 0.850. The number of halogens is 2. The van der Waals surface area contributed by atoms with Crippen LogP contribution in [0.3, 0.4) is 0 Å². The summed E-state index contributed by atoms with van der Waals surface area (Å²) in [6.45, 7) is 2.57. The quantitative estimate of drug-likeness (QED) is 0.939. The van der Waals surface area contributed by atoms with Crippen LogP contribution in [0, 0.1) is 6.92 Å². The Morgan fingerprint density at radius 1 is 1.30 bits per heavy atom. The molecule has 1 heterocycles. The van der Waals surface area contributed by atoms with Crippen LogP contribution < -0.4 is 5.32 Å². The number of anilines is 1. The third-order valence-electron chi connectivity index (χ3n) is 2.99. The highest BCUT2D eigenvalue weighted by Crippen LogP contribution is 2.26. The molecular formula is C13H14F2N4O. The molecule has 0 spiro atoms. The highest BCUT2D eigenvalue weighted by atomic mass is 19.3. The number of benzene rings is 1. The van der Waals surface area contributed by atoms with Gasteiger partial charge in [0, 0.05) is 25.1 Å². The molecule has 0 unspecified atom stereocenters. The predicted molar refractivity (Wildman–Crippen MR) is 69.7 cm³/mol. The van der Waals surface area contributed by atoms with Crippen LogP contribution in [-0.4, -0.2) is 20.9 Å². The number of carbonyl (C=O) groups is 1. The van der Waals surface area contributed by atoms with Gasteiger partial charge in [-0.05, 0) is 19.1 Å². The van der Waals surface area contributed by atoms with Crippen molar-refractivity contribution in [1.29, 1.82) is 0 Å². The third kappa shape index (κ3) is 2.81. The summed E-state index contributed by atoms with van der Waals surface area (Å²) in [6.07, 6.45) is 0. The van der Waals surface area contributed by atoms with Gasteiger partial charge >= 0.3 is 0 Å². The van der Waals surface area contributed by atoms with Crippen LogP contribution in [0.5, 0.6) is 0 Å². The standard InChI is InChI=1S/C13H14F2N4O/c1-8-11(17-18-19(8)3)16-12(20)9-4-6-10(7-5-9)13(2,14)15/h4-7H,1-3H3,(H,16,20). The molecule has 1 aromatic heterocycles. The Balaban J connectivity index is 2.16. The average Bonchev–Trinajstić information content (AvgIpc) is 2.70. The van der Waals surface area contributed by atoms with Gasteiger partial charge in [-0.25, -0.2) is 8.78 Å². The molecular weight excluding hydrogens is 266 g/mol. The fourth-order valence-electron chi connectivity index (χ4n) is 1.61. The zero-order valence-corrected chi connectivity index (χ0v) is 11.3. The van der Waals surface area contributed by atoms with Crippen molar-refractivity contribution in [1.82, 2.24) is 15.0 Å². The summed E-state index contributed by atoms with van der Waals surface area (Å²) in [5.74, 6) is -2.99. The molecule has 1 amide bonds. The molecule has 0 aliphatic rings. The molecule has 0 aliphatic carbocycles. The Morgan fingerprint density at radius 3 is 2.35 bits per heavy atom. The van der Waals surface area contributed by atoms with Crippen LogP contribution >= 0.6 is 0 Å². The van der Waals surface area contributed by atoms with Gasteiger partial charge in [-0.2, -0.15) is 0 Å². The molecule has 0 atom stereocenters. The largest absolute Gasteiger partial charge is 0.303 e. The van der Waals surface area contributed by atoms with E-state index in [0.29, 0.717) is 11.5 Å². The topological polar surface area (TPSA) is 59.8 Å². The SMILES string of the molecule is Cc1c(NC(=O)c2ccc(C(C)(F)F)cc2)nnn1C. The van der Waals surface area contributed by atoms with Gasteiger partial charge in [-0.3, -0.25) is 9.48 Å². The monoisotopic (exact) mass is 280 g/mol. The number of carbonyl (C=O) groups excluding carboxylic acids is 1. The van der Waals surface area contributed by atoms with Gasteiger partial charge < -0.3 is 5.32 Å². The number of rotatable bonds is 3. The minimum absolute atomic E-state index is 0.135. The number of aromatic nitrogens is 3. The van der Waals surface area contributed by atoms with Crippen LogP contribution in [0.1, 0.15) is 28.5 Å². The summed E-state index contributed by atoms with van der Waals surface area (Å²) >= 11 is 0. The minimum atomic E-state index is -2.92.